The molecule has 0 unspecified atom stereocenters. The van der Waals surface area contributed by atoms with Gasteiger partial charge in [0.15, 0.2) is 0 Å². The molecule has 0 fully saturated rings. The first-order valence-electron chi connectivity index (χ1n) is 5.42. The number of nitrogens with zero attached hydrogens (tertiary/aromatic N) is 2. The van der Waals surface area contributed by atoms with Gasteiger partial charge in [0.2, 0.25) is 0 Å². The van der Waals surface area contributed by atoms with E-state index in [2.05, 4.69) is 18.9 Å². The van der Waals surface area contributed by atoms with Gasteiger partial charge >= 0.3 is 0 Å². The summed E-state index contributed by atoms with van der Waals surface area (Å²) in [6.07, 6.45) is 1.02. The van der Waals surface area contributed by atoms with Crippen molar-refractivity contribution in [2.24, 2.45) is 0 Å². The highest BCUT2D eigenvalue weighted by molar-refractivity contribution is 5.24. The third-order valence-corrected chi connectivity index (χ3v) is 2.57. The molecule has 0 saturated heterocycles. The Balaban J connectivity index is 2.54. The number of ether oxygens (including phenoxy) is 1. The minimum atomic E-state index is 0.0807. The molecule has 0 bridgehead atoms. The van der Waals surface area contributed by atoms with E-state index in [1.165, 1.54) is 11.3 Å². The van der Waals surface area contributed by atoms with Gasteiger partial charge in [-0.1, -0.05) is 6.92 Å². The van der Waals surface area contributed by atoms with E-state index >= 15 is 0 Å². The summed E-state index contributed by atoms with van der Waals surface area (Å²) in [5.74, 6) is 0. The van der Waals surface area contributed by atoms with E-state index in [1.54, 1.807) is 0 Å². The Bertz CT molecular complexity index is 308. The molecular weight excluding hydrogens is 192 g/mol. The number of hydrogen-bond acceptors (Lipinski definition) is 3. The van der Waals surface area contributed by atoms with Crippen molar-refractivity contribution in [2.75, 3.05) is 19.8 Å². The SMILES string of the molecule is CCc1c(C)nn(CCOCCO)c1C. The fraction of sp³-hybridized carbons (Fsp3) is 0.727. The van der Waals surface area contributed by atoms with Gasteiger partial charge in [0.05, 0.1) is 32.1 Å². The van der Waals surface area contributed by atoms with E-state index in [0.717, 1.165) is 18.7 Å². The Morgan fingerprint density at radius 1 is 1.33 bits per heavy atom. The standard InChI is InChI=1S/C11H20N2O2/c1-4-11-9(2)12-13(10(11)3)5-7-15-8-6-14/h14H,4-8H2,1-3H3. The summed E-state index contributed by atoms with van der Waals surface area (Å²) in [4.78, 5) is 0. The molecule has 0 aliphatic carbocycles. The minimum absolute atomic E-state index is 0.0807. The molecule has 86 valence electrons. The first kappa shape index (κ1) is 12.2. The van der Waals surface area contributed by atoms with Gasteiger partial charge in [-0.15, -0.1) is 0 Å². The van der Waals surface area contributed by atoms with Crippen LogP contribution in [0.4, 0.5) is 0 Å². The Morgan fingerprint density at radius 2 is 2.07 bits per heavy atom. The number of aromatic nitrogens is 2. The lowest BCUT2D eigenvalue weighted by Gasteiger charge is -2.05. The third kappa shape index (κ3) is 3.04. The normalized spacial score (nSPS) is 10.9. The molecule has 0 spiro atoms. The van der Waals surface area contributed by atoms with E-state index in [9.17, 15) is 0 Å². The molecule has 0 atom stereocenters. The van der Waals surface area contributed by atoms with Crippen LogP contribution in [0.5, 0.6) is 0 Å². The highest BCUT2D eigenvalue weighted by atomic mass is 16.5. The molecule has 0 aliphatic rings. The number of aliphatic hydroxyl groups is 1. The van der Waals surface area contributed by atoms with Crippen molar-refractivity contribution in [3.05, 3.63) is 17.0 Å². The van der Waals surface area contributed by atoms with Crippen LogP contribution in [0.25, 0.3) is 0 Å². The molecule has 15 heavy (non-hydrogen) atoms. The zero-order valence-corrected chi connectivity index (χ0v) is 9.79. The van der Waals surface area contributed by atoms with Crippen molar-refractivity contribution < 1.29 is 9.84 Å². The lowest BCUT2D eigenvalue weighted by molar-refractivity contribution is 0.0850. The van der Waals surface area contributed by atoms with Crippen LogP contribution < -0.4 is 0 Å². The summed E-state index contributed by atoms with van der Waals surface area (Å²) in [6, 6.07) is 0. The highest BCUT2D eigenvalue weighted by Crippen LogP contribution is 2.12. The summed E-state index contributed by atoms with van der Waals surface area (Å²) in [7, 11) is 0. The zero-order valence-electron chi connectivity index (χ0n) is 9.79. The van der Waals surface area contributed by atoms with Gasteiger partial charge in [-0.2, -0.15) is 5.10 Å². The smallest absolute Gasteiger partial charge is 0.0698 e. The number of aliphatic hydroxyl groups excluding tert-OH is 1. The maximum absolute atomic E-state index is 8.56. The Hall–Kier alpha value is -0.870. The van der Waals surface area contributed by atoms with Crippen LogP contribution in [0.15, 0.2) is 0 Å². The monoisotopic (exact) mass is 212 g/mol. The zero-order chi connectivity index (χ0) is 11.3. The van der Waals surface area contributed by atoms with Crippen molar-refractivity contribution in [1.82, 2.24) is 9.78 Å². The second kappa shape index (κ2) is 5.88. The second-order valence-electron chi connectivity index (χ2n) is 3.56. The molecule has 0 saturated carbocycles. The summed E-state index contributed by atoms with van der Waals surface area (Å²) in [6.45, 7) is 8.11. The lowest BCUT2D eigenvalue weighted by atomic mass is 10.1. The molecule has 1 aromatic rings. The van der Waals surface area contributed by atoms with Crippen LogP contribution in [0.1, 0.15) is 23.9 Å². The molecule has 0 radical (unpaired) electrons. The highest BCUT2D eigenvalue weighted by Gasteiger charge is 2.08. The molecule has 4 nitrogen and oxygen atoms in total. The molecule has 1 aromatic heterocycles. The van der Waals surface area contributed by atoms with E-state index in [0.29, 0.717) is 13.2 Å². The topological polar surface area (TPSA) is 47.3 Å². The van der Waals surface area contributed by atoms with Crippen molar-refractivity contribution in [1.29, 1.82) is 0 Å². The average Bonchev–Trinajstić information content (AvgIpc) is 2.49. The third-order valence-electron chi connectivity index (χ3n) is 2.57. The number of hydrogen-bond donors (Lipinski definition) is 1. The molecule has 1 heterocycles. The van der Waals surface area contributed by atoms with Crippen LogP contribution in [-0.4, -0.2) is 34.7 Å². The molecule has 1 N–H and O–H groups in total. The van der Waals surface area contributed by atoms with Crippen LogP contribution >= 0.6 is 0 Å². The predicted octanol–water partition coefficient (Wildman–Crippen LogP) is 1.07. The number of rotatable bonds is 6. The van der Waals surface area contributed by atoms with Gasteiger partial charge in [0, 0.05) is 5.69 Å². The summed E-state index contributed by atoms with van der Waals surface area (Å²) in [5.41, 5.74) is 3.66. The molecule has 0 aliphatic heterocycles. The predicted molar refractivity (Wildman–Crippen MR) is 59.0 cm³/mol. The fourth-order valence-electron chi connectivity index (χ4n) is 1.78. The van der Waals surface area contributed by atoms with Crippen LogP contribution in [0.2, 0.25) is 0 Å². The Kier molecular flexibility index (Phi) is 4.78. The molecule has 0 aromatic carbocycles. The van der Waals surface area contributed by atoms with Gasteiger partial charge in [0.25, 0.3) is 0 Å². The van der Waals surface area contributed by atoms with E-state index in [1.807, 2.05) is 11.6 Å². The van der Waals surface area contributed by atoms with Crippen molar-refractivity contribution in [3.63, 3.8) is 0 Å². The Morgan fingerprint density at radius 3 is 2.60 bits per heavy atom. The van der Waals surface area contributed by atoms with Gasteiger partial charge in [0.1, 0.15) is 0 Å². The van der Waals surface area contributed by atoms with Crippen LogP contribution in [-0.2, 0) is 17.7 Å². The molecule has 4 heteroatoms. The van der Waals surface area contributed by atoms with E-state index in [4.69, 9.17) is 9.84 Å². The first-order valence-corrected chi connectivity index (χ1v) is 5.42. The first-order chi connectivity index (χ1) is 7.20. The van der Waals surface area contributed by atoms with Crippen LogP contribution in [0, 0.1) is 13.8 Å². The van der Waals surface area contributed by atoms with Crippen LogP contribution in [0.3, 0.4) is 0 Å². The number of aryl methyl sites for hydroxylation is 1. The molecular formula is C11H20N2O2. The van der Waals surface area contributed by atoms with Crippen molar-refractivity contribution >= 4 is 0 Å². The van der Waals surface area contributed by atoms with E-state index in [-0.39, 0.29) is 6.61 Å². The van der Waals surface area contributed by atoms with Gasteiger partial charge in [-0.25, -0.2) is 0 Å². The average molecular weight is 212 g/mol. The molecule has 1 rings (SSSR count). The van der Waals surface area contributed by atoms with Crippen molar-refractivity contribution in [2.45, 2.75) is 33.7 Å². The molecule has 0 amide bonds. The minimum Gasteiger partial charge on any atom is -0.394 e. The van der Waals surface area contributed by atoms with Gasteiger partial charge in [-0.05, 0) is 25.8 Å². The van der Waals surface area contributed by atoms with Gasteiger partial charge < -0.3 is 9.84 Å². The second-order valence-corrected chi connectivity index (χ2v) is 3.56. The maximum atomic E-state index is 8.56. The van der Waals surface area contributed by atoms with Crippen molar-refractivity contribution in [3.8, 4) is 0 Å². The van der Waals surface area contributed by atoms with Gasteiger partial charge in [-0.3, -0.25) is 4.68 Å². The van der Waals surface area contributed by atoms with E-state index < -0.39 is 0 Å². The quantitative estimate of drug-likeness (QED) is 0.718. The maximum Gasteiger partial charge on any atom is 0.0698 e. The Labute approximate surface area is 90.9 Å². The largest absolute Gasteiger partial charge is 0.394 e. The lowest BCUT2D eigenvalue weighted by Crippen LogP contribution is -2.11. The summed E-state index contributed by atoms with van der Waals surface area (Å²) < 4.78 is 7.19. The summed E-state index contributed by atoms with van der Waals surface area (Å²) in [5, 5.41) is 13.0. The summed E-state index contributed by atoms with van der Waals surface area (Å²) >= 11 is 0. The fourth-order valence-corrected chi connectivity index (χ4v) is 1.78.